The Balaban J connectivity index is 1.85. The molecule has 1 fully saturated rings. The molecule has 0 radical (unpaired) electrons. The highest BCUT2D eigenvalue weighted by molar-refractivity contribution is 5.78. The van der Waals surface area contributed by atoms with Gasteiger partial charge in [-0.2, -0.15) is 0 Å². The molecule has 0 aliphatic carbocycles. The third kappa shape index (κ3) is 3.90. The number of anilines is 1. The van der Waals surface area contributed by atoms with Crippen molar-refractivity contribution in [1.29, 1.82) is 0 Å². The van der Waals surface area contributed by atoms with Gasteiger partial charge in [-0.25, -0.2) is 10.8 Å². The quantitative estimate of drug-likeness (QED) is 0.595. The molecule has 0 unspecified atom stereocenters. The van der Waals surface area contributed by atoms with Gasteiger partial charge in [0.25, 0.3) is 0 Å². The number of nitrogens with zero attached hydrogens (tertiary/aromatic N) is 3. The molecule has 0 aromatic carbocycles. The standard InChI is InChI=1S/C13H21N5O/c1-17(10-13(19)18-7-2-3-8-18)9-11-5-4-6-12(15-11)16-14/h4-6H,2-3,7-10,14H2,1H3,(H,15,16). The molecule has 2 heterocycles. The summed E-state index contributed by atoms with van der Waals surface area (Å²) in [4.78, 5) is 20.2. The van der Waals surface area contributed by atoms with Crippen molar-refractivity contribution in [2.75, 3.05) is 32.1 Å². The molecule has 1 aliphatic rings. The number of aromatic nitrogens is 1. The van der Waals surface area contributed by atoms with Crippen LogP contribution in [-0.4, -0.2) is 47.4 Å². The smallest absolute Gasteiger partial charge is 0.236 e. The Hall–Kier alpha value is -1.66. The maximum Gasteiger partial charge on any atom is 0.236 e. The highest BCUT2D eigenvalue weighted by Crippen LogP contribution is 2.09. The lowest BCUT2D eigenvalue weighted by molar-refractivity contribution is -0.131. The van der Waals surface area contributed by atoms with Crippen LogP contribution in [0.1, 0.15) is 18.5 Å². The molecule has 1 aliphatic heterocycles. The highest BCUT2D eigenvalue weighted by Gasteiger charge is 2.19. The van der Waals surface area contributed by atoms with Crippen LogP contribution in [0.4, 0.5) is 5.82 Å². The van der Waals surface area contributed by atoms with Crippen molar-refractivity contribution in [3.05, 3.63) is 23.9 Å². The third-order valence-electron chi connectivity index (χ3n) is 3.25. The summed E-state index contributed by atoms with van der Waals surface area (Å²) >= 11 is 0. The Bertz CT molecular complexity index is 431. The fourth-order valence-corrected chi connectivity index (χ4v) is 2.28. The molecule has 6 heteroatoms. The Morgan fingerprint density at radius 1 is 1.47 bits per heavy atom. The lowest BCUT2D eigenvalue weighted by Crippen LogP contribution is -2.37. The van der Waals surface area contributed by atoms with E-state index in [1.807, 2.05) is 29.0 Å². The van der Waals surface area contributed by atoms with Crippen LogP contribution in [0.5, 0.6) is 0 Å². The summed E-state index contributed by atoms with van der Waals surface area (Å²) in [7, 11) is 1.93. The minimum Gasteiger partial charge on any atom is -0.342 e. The van der Waals surface area contributed by atoms with E-state index in [1.165, 1.54) is 0 Å². The number of nitrogens with one attached hydrogen (secondary N) is 1. The van der Waals surface area contributed by atoms with Crippen molar-refractivity contribution in [1.82, 2.24) is 14.8 Å². The van der Waals surface area contributed by atoms with Gasteiger partial charge in [0.2, 0.25) is 5.91 Å². The number of nitrogens with two attached hydrogens (primary N) is 1. The van der Waals surface area contributed by atoms with E-state index < -0.39 is 0 Å². The topological polar surface area (TPSA) is 74.5 Å². The van der Waals surface area contributed by atoms with Gasteiger partial charge in [-0.3, -0.25) is 9.69 Å². The maximum absolute atomic E-state index is 12.0. The minimum atomic E-state index is 0.202. The van der Waals surface area contributed by atoms with Crippen molar-refractivity contribution in [3.8, 4) is 0 Å². The molecule has 19 heavy (non-hydrogen) atoms. The van der Waals surface area contributed by atoms with Gasteiger partial charge in [0.05, 0.1) is 12.2 Å². The lowest BCUT2D eigenvalue weighted by atomic mass is 10.3. The summed E-state index contributed by atoms with van der Waals surface area (Å²) in [5, 5.41) is 0. The first-order valence-corrected chi connectivity index (χ1v) is 6.58. The van der Waals surface area contributed by atoms with Crippen molar-refractivity contribution in [2.45, 2.75) is 19.4 Å². The van der Waals surface area contributed by atoms with Crippen LogP contribution in [0.25, 0.3) is 0 Å². The van der Waals surface area contributed by atoms with Gasteiger partial charge in [0, 0.05) is 19.6 Å². The molecule has 0 spiro atoms. The van der Waals surface area contributed by atoms with Gasteiger partial charge in [0.15, 0.2) is 0 Å². The predicted molar refractivity (Wildman–Crippen MR) is 74.2 cm³/mol. The normalized spacial score (nSPS) is 15.0. The number of nitrogen functional groups attached to an aromatic ring is 1. The molecule has 2 rings (SSSR count). The summed E-state index contributed by atoms with van der Waals surface area (Å²) < 4.78 is 0. The first-order valence-electron chi connectivity index (χ1n) is 6.58. The first-order chi connectivity index (χ1) is 9.19. The van der Waals surface area contributed by atoms with Crippen molar-refractivity contribution >= 4 is 11.7 Å². The molecular formula is C13H21N5O. The zero-order valence-corrected chi connectivity index (χ0v) is 11.3. The minimum absolute atomic E-state index is 0.202. The van der Waals surface area contributed by atoms with E-state index in [4.69, 9.17) is 5.84 Å². The third-order valence-corrected chi connectivity index (χ3v) is 3.25. The van der Waals surface area contributed by atoms with E-state index in [0.29, 0.717) is 18.9 Å². The van der Waals surface area contributed by atoms with E-state index in [1.54, 1.807) is 6.07 Å². The second-order valence-electron chi connectivity index (χ2n) is 4.92. The molecule has 3 N–H and O–H groups in total. The maximum atomic E-state index is 12.0. The monoisotopic (exact) mass is 263 g/mol. The Labute approximate surface area is 113 Å². The first kappa shape index (κ1) is 13.8. The summed E-state index contributed by atoms with van der Waals surface area (Å²) in [5.41, 5.74) is 3.42. The molecule has 0 atom stereocenters. The average Bonchev–Trinajstić information content (AvgIpc) is 2.92. The van der Waals surface area contributed by atoms with E-state index in [-0.39, 0.29) is 5.91 Å². The van der Waals surface area contributed by atoms with Crippen LogP contribution < -0.4 is 11.3 Å². The fraction of sp³-hybridized carbons (Fsp3) is 0.538. The largest absolute Gasteiger partial charge is 0.342 e. The van der Waals surface area contributed by atoms with Crippen molar-refractivity contribution < 1.29 is 4.79 Å². The zero-order valence-electron chi connectivity index (χ0n) is 11.3. The van der Waals surface area contributed by atoms with Crippen LogP contribution in [0.15, 0.2) is 18.2 Å². The molecular weight excluding hydrogens is 242 g/mol. The summed E-state index contributed by atoms with van der Waals surface area (Å²) in [6.07, 6.45) is 2.25. The van der Waals surface area contributed by atoms with E-state index in [2.05, 4.69) is 10.4 Å². The SMILES string of the molecule is CN(CC(=O)N1CCCC1)Cc1cccc(NN)n1. The number of likely N-dealkylation sites (tertiary alicyclic amines) is 1. The number of amides is 1. The Morgan fingerprint density at radius 3 is 2.89 bits per heavy atom. The molecule has 104 valence electrons. The number of pyridine rings is 1. The van der Waals surface area contributed by atoms with Crippen LogP contribution in [0.2, 0.25) is 0 Å². The van der Waals surface area contributed by atoms with Gasteiger partial charge in [-0.15, -0.1) is 0 Å². The number of hydrazine groups is 1. The lowest BCUT2D eigenvalue weighted by Gasteiger charge is -2.21. The van der Waals surface area contributed by atoms with Crippen molar-refractivity contribution in [3.63, 3.8) is 0 Å². The Kier molecular flexibility index (Phi) is 4.70. The number of hydrogen-bond acceptors (Lipinski definition) is 5. The van der Waals surface area contributed by atoms with Crippen LogP contribution in [-0.2, 0) is 11.3 Å². The van der Waals surface area contributed by atoms with E-state index in [0.717, 1.165) is 31.6 Å². The second kappa shape index (κ2) is 6.49. The molecule has 1 aromatic heterocycles. The van der Waals surface area contributed by atoms with Crippen LogP contribution in [0, 0.1) is 0 Å². The summed E-state index contributed by atoms with van der Waals surface area (Å²) in [6.45, 7) is 2.87. The number of rotatable bonds is 5. The zero-order chi connectivity index (χ0) is 13.7. The number of carbonyl (C=O) groups excluding carboxylic acids is 1. The molecule has 0 saturated carbocycles. The van der Waals surface area contributed by atoms with E-state index in [9.17, 15) is 4.79 Å². The summed E-state index contributed by atoms with van der Waals surface area (Å²) in [5.74, 6) is 6.16. The molecule has 1 amide bonds. The fourth-order valence-electron chi connectivity index (χ4n) is 2.28. The molecule has 0 bridgehead atoms. The van der Waals surface area contributed by atoms with Gasteiger partial charge in [-0.1, -0.05) is 6.07 Å². The molecule has 1 saturated heterocycles. The van der Waals surface area contributed by atoms with Gasteiger partial charge in [-0.05, 0) is 32.0 Å². The average molecular weight is 263 g/mol. The van der Waals surface area contributed by atoms with Gasteiger partial charge >= 0.3 is 0 Å². The van der Waals surface area contributed by atoms with Crippen molar-refractivity contribution in [2.24, 2.45) is 5.84 Å². The number of carbonyl (C=O) groups is 1. The number of hydrogen-bond donors (Lipinski definition) is 2. The van der Waals surface area contributed by atoms with Crippen LogP contribution in [0.3, 0.4) is 0 Å². The van der Waals surface area contributed by atoms with Gasteiger partial charge < -0.3 is 10.3 Å². The highest BCUT2D eigenvalue weighted by atomic mass is 16.2. The molecule has 6 nitrogen and oxygen atoms in total. The molecule has 1 aromatic rings. The second-order valence-corrected chi connectivity index (χ2v) is 4.92. The number of likely N-dealkylation sites (N-methyl/N-ethyl adjacent to an activating group) is 1. The van der Waals surface area contributed by atoms with Gasteiger partial charge in [0.1, 0.15) is 5.82 Å². The van der Waals surface area contributed by atoms with E-state index >= 15 is 0 Å². The van der Waals surface area contributed by atoms with Crippen LogP contribution >= 0.6 is 0 Å². The Morgan fingerprint density at radius 2 is 2.21 bits per heavy atom. The summed E-state index contributed by atoms with van der Waals surface area (Å²) in [6, 6.07) is 5.63. The predicted octanol–water partition coefficient (Wildman–Crippen LogP) is 0.421.